The van der Waals surface area contributed by atoms with E-state index < -0.39 is 0 Å². The van der Waals surface area contributed by atoms with E-state index in [1.807, 2.05) is 12.3 Å². The highest BCUT2D eigenvalue weighted by Gasteiger charge is 2.37. The lowest BCUT2D eigenvalue weighted by Gasteiger charge is -2.35. The summed E-state index contributed by atoms with van der Waals surface area (Å²) in [7, 11) is 2.12. The third kappa shape index (κ3) is 3.26. The average molecular weight is 451 g/mol. The number of fused-ring (bicyclic) bond motifs is 4. The van der Waals surface area contributed by atoms with Crippen molar-refractivity contribution in [1.29, 1.82) is 0 Å². The second-order valence-corrected chi connectivity index (χ2v) is 10.3. The molecule has 4 aromatic rings. The van der Waals surface area contributed by atoms with Gasteiger partial charge in [0.2, 0.25) is 0 Å². The van der Waals surface area contributed by atoms with Gasteiger partial charge in [0.05, 0.1) is 27.5 Å². The molecule has 0 unspecified atom stereocenters. The van der Waals surface area contributed by atoms with Crippen molar-refractivity contribution in [2.45, 2.75) is 49.6 Å². The van der Waals surface area contributed by atoms with E-state index in [1.165, 1.54) is 15.8 Å². The van der Waals surface area contributed by atoms with Crippen LogP contribution in [0.1, 0.15) is 54.2 Å². The highest BCUT2D eigenvalue weighted by Crippen LogP contribution is 2.49. The predicted molar refractivity (Wildman–Crippen MR) is 123 cm³/mol. The summed E-state index contributed by atoms with van der Waals surface area (Å²) in [5.41, 5.74) is 5.87. The minimum Gasteiger partial charge on any atom is -0.295 e. The van der Waals surface area contributed by atoms with E-state index in [0.29, 0.717) is 5.92 Å². The number of benzene rings is 1. The van der Waals surface area contributed by atoms with Gasteiger partial charge in [0.1, 0.15) is 11.8 Å². The minimum atomic E-state index is -0.328. The molecular weight excluding hydrogens is 428 g/mol. The van der Waals surface area contributed by atoms with E-state index in [-0.39, 0.29) is 4.87 Å². The van der Waals surface area contributed by atoms with Gasteiger partial charge in [-0.1, -0.05) is 12.1 Å². The number of aromatic nitrogens is 5. The molecule has 31 heavy (non-hydrogen) atoms. The topological polar surface area (TPSA) is 59.7 Å². The van der Waals surface area contributed by atoms with Crippen molar-refractivity contribution in [3.8, 4) is 5.69 Å². The van der Waals surface area contributed by atoms with Crippen LogP contribution in [-0.2, 0) is 18.0 Å². The fraction of sp³-hybridized carbons (Fsp3) is 0.391. The van der Waals surface area contributed by atoms with Gasteiger partial charge in [0.15, 0.2) is 5.82 Å². The lowest BCUT2D eigenvalue weighted by molar-refractivity contribution is 0.314. The minimum absolute atomic E-state index is 0.328. The fourth-order valence-corrected chi connectivity index (χ4v) is 6.24. The predicted octanol–water partition coefficient (Wildman–Crippen LogP) is 5.01. The molecule has 0 radical (unpaired) electrons. The number of alkyl halides is 1. The largest absolute Gasteiger partial charge is 0.295 e. The summed E-state index contributed by atoms with van der Waals surface area (Å²) in [6.45, 7) is 1.66. The van der Waals surface area contributed by atoms with Crippen LogP contribution in [0.2, 0.25) is 0 Å². The van der Waals surface area contributed by atoms with E-state index in [0.717, 1.165) is 61.5 Å². The summed E-state index contributed by atoms with van der Waals surface area (Å²) in [5, 5.41) is 8.39. The number of halogens is 1. The third-order valence-electron chi connectivity index (χ3n) is 6.75. The maximum absolute atomic E-state index is 7.27. The van der Waals surface area contributed by atoms with Crippen LogP contribution in [0.4, 0.5) is 0 Å². The molecule has 0 bridgehead atoms. The van der Waals surface area contributed by atoms with Crippen LogP contribution in [0, 0.1) is 0 Å². The quantitative estimate of drug-likeness (QED) is 0.402. The molecule has 3 aromatic heterocycles. The van der Waals surface area contributed by atoms with E-state index in [2.05, 4.69) is 56.0 Å². The first-order valence-corrected chi connectivity index (χ1v) is 11.9. The van der Waals surface area contributed by atoms with Crippen LogP contribution in [0.5, 0.6) is 0 Å². The molecular formula is C23H23ClN6S. The molecule has 1 fully saturated rings. The molecule has 1 saturated carbocycles. The Morgan fingerprint density at radius 2 is 2.03 bits per heavy atom. The van der Waals surface area contributed by atoms with Gasteiger partial charge in [-0.15, -0.1) is 21.8 Å². The molecule has 6 rings (SSSR count). The van der Waals surface area contributed by atoms with E-state index >= 15 is 0 Å². The number of rotatable bonds is 2. The van der Waals surface area contributed by atoms with Crippen molar-refractivity contribution in [2.75, 3.05) is 7.05 Å². The Hall–Kier alpha value is -2.35. The van der Waals surface area contributed by atoms with Crippen LogP contribution in [-0.4, -0.2) is 36.1 Å². The highest BCUT2D eigenvalue weighted by atomic mass is 35.5. The summed E-state index contributed by atoms with van der Waals surface area (Å²) in [4.78, 5) is 6.53. The maximum atomic E-state index is 7.27. The Labute approximate surface area is 190 Å². The number of nitrogens with zero attached hydrogens (tertiary/aromatic N) is 6. The second-order valence-electron chi connectivity index (χ2n) is 8.79. The molecule has 0 N–H and O–H groups in total. The monoisotopic (exact) mass is 450 g/mol. The zero-order valence-corrected chi connectivity index (χ0v) is 18.9. The standard InChI is InChI=1S/C23H23ClN6S/c1-29-12-16-11-17(4-5-18(16)30-14-26-27-20(30)13-29)23(24)8-6-15(7-9-23)21-22-19(31-28-21)3-2-10-25-22/h2-5,10-11,14-15H,6-9,12-13H2,1H3. The zero-order chi connectivity index (χ0) is 21.0. The van der Waals surface area contributed by atoms with Crippen molar-refractivity contribution in [3.05, 3.63) is 65.5 Å². The summed E-state index contributed by atoms with van der Waals surface area (Å²) in [6.07, 6.45) is 7.62. The Kier molecular flexibility index (Phi) is 4.59. The van der Waals surface area contributed by atoms with Crippen molar-refractivity contribution < 1.29 is 0 Å². The molecule has 8 heteroatoms. The molecule has 0 saturated heterocycles. The Balaban J connectivity index is 1.28. The van der Waals surface area contributed by atoms with Gasteiger partial charge < -0.3 is 0 Å². The first-order valence-electron chi connectivity index (χ1n) is 10.7. The normalized spacial score (nSPS) is 24.0. The van der Waals surface area contributed by atoms with Gasteiger partial charge in [-0.2, -0.15) is 4.37 Å². The molecule has 4 heterocycles. The molecule has 0 atom stereocenters. The molecule has 1 aliphatic heterocycles. The SMILES string of the molecule is CN1Cc2cc(C3(Cl)CCC(c4nsc5cccnc45)CC3)ccc2-n2cnnc2C1. The Bertz CT molecular complexity index is 1260. The smallest absolute Gasteiger partial charge is 0.151 e. The Morgan fingerprint density at radius 1 is 1.16 bits per heavy atom. The van der Waals surface area contributed by atoms with Crippen molar-refractivity contribution in [3.63, 3.8) is 0 Å². The van der Waals surface area contributed by atoms with Crippen LogP contribution in [0.25, 0.3) is 15.9 Å². The van der Waals surface area contributed by atoms with Gasteiger partial charge in [-0.3, -0.25) is 14.5 Å². The van der Waals surface area contributed by atoms with E-state index in [4.69, 9.17) is 16.0 Å². The highest BCUT2D eigenvalue weighted by molar-refractivity contribution is 7.13. The number of hydrogen-bond donors (Lipinski definition) is 0. The lowest BCUT2D eigenvalue weighted by Crippen LogP contribution is -2.26. The van der Waals surface area contributed by atoms with E-state index in [9.17, 15) is 0 Å². The molecule has 2 aliphatic rings. The van der Waals surface area contributed by atoms with Crippen molar-refractivity contribution >= 4 is 33.4 Å². The van der Waals surface area contributed by atoms with Crippen LogP contribution < -0.4 is 0 Å². The van der Waals surface area contributed by atoms with Crippen LogP contribution in [0.15, 0.2) is 42.9 Å². The number of pyridine rings is 1. The van der Waals surface area contributed by atoms with E-state index in [1.54, 1.807) is 17.9 Å². The summed E-state index contributed by atoms with van der Waals surface area (Å²) < 4.78 is 8.02. The average Bonchev–Trinajstić information content (AvgIpc) is 3.38. The third-order valence-corrected chi connectivity index (χ3v) is 8.16. The molecule has 158 valence electrons. The second kappa shape index (κ2) is 7.36. The summed E-state index contributed by atoms with van der Waals surface area (Å²) in [6, 6.07) is 10.8. The molecule has 0 spiro atoms. The molecule has 0 amide bonds. The first kappa shape index (κ1) is 19.3. The summed E-state index contributed by atoms with van der Waals surface area (Å²) >= 11 is 8.82. The molecule has 1 aromatic carbocycles. The first-order chi connectivity index (χ1) is 15.1. The summed E-state index contributed by atoms with van der Waals surface area (Å²) in [5.74, 6) is 1.40. The molecule has 6 nitrogen and oxygen atoms in total. The number of hydrogen-bond acceptors (Lipinski definition) is 6. The van der Waals surface area contributed by atoms with Crippen LogP contribution >= 0.6 is 23.1 Å². The maximum Gasteiger partial charge on any atom is 0.151 e. The van der Waals surface area contributed by atoms with Gasteiger partial charge in [-0.05, 0) is 73.6 Å². The van der Waals surface area contributed by atoms with Crippen molar-refractivity contribution in [1.82, 2.24) is 29.0 Å². The van der Waals surface area contributed by atoms with Gasteiger partial charge in [0, 0.05) is 18.7 Å². The van der Waals surface area contributed by atoms with Gasteiger partial charge in [-0.25, -0.2) is 0 Å². The fourth-order valence-electron chi connectivity index (χ4n) is 5.09. The Morgan fingerprint density at radius 3 is 2.90 bits per heavy atom. The van der Waals surface area contributed by atoms with Gasteiger partial charge >= 0.3 is 0 Å². The van der Waals surface area contributed by atoms with Gasteiger partial charge in [0.25, 0.3) is 0 Å². The molecule has 1 aliphatic carbocycles. The van der Waals surface area contributed by atoms with Crippen LogP contribution in [0.3, 0.4) is 0 Å². The van der Waals surface area contributed by atoms with Crippen molar-refractivity contribution in [2.24, 2.45) is 0 Å². The lowest BCUT2D eigenvalue weighted by atomic mass is 9.76. The zero-order valence-electron chi connectivity index (χ0n) is 17.3.